The van der Waals surface area contributed by atoms with Crippen molar-refractivity contribution in [3.63, 3.8) is 0 Å². The third-order valence-electron chi connectivity index (χ3n) is 2.54. The van der Waals surface area contributed by atoms with E-state index in [2.05, 4.69) is 11.9 Å². The molecule has 1 N–H and O–H groups in total. The van der Waals surface area contributed by atoms with E-state index in [-0.39, 0.29) is 0 Å². The Kier molecular flexibility index (Phi) is 6.37. The van der Waals surface area contributed by atoms with Gasteiger partial charge in [-0.25, -0.2) is 8.42 Å². The Hall–Kier alpha value is -0.390. The van der Waals surface area contributed by atoms with Gasteiger partial charge in [-0.2, -0.15) is 4.31 Å². The minimum absolute atomic E-state index is 0.350. The van der Waals surface area contributed by atoms with Crippen LogP contribution in [0.4, 0.5) is 0 Å². The SMILES string of the molecule is C=CCN(C(C)(C)C)S(=O)(=O)C(C)CNCC. The number of nitrogens with one attached hydrogen (secondary N) is 1. The highest BCUT2D eigenvalue weighted by Crippen LogP contribution is 2.21. The van der Waals surface area contributed by atoms with E-state index in [0.717, 1.165) is 6.54 Å². The Balaban J connectivity index is 5.02. The molecule has 0 radical (unpaired) electrons. The molecule has 102 valence electrons. The third-order valence-corrected chi connectivity index (χ3v) is 5.04. The number of hydrogen-bond donors (Lipinski definition) is 1. The van der Waals surface area contributed by atoms with Crippen LogP contribution in [0.1, 0.15) is 34.6 Å². The van der Waals surface area contributed by atoms with Gasteiger partial charge in [-0.3, -0.25) is 0 Å². The summed E-state index contributed by atoms with van der Waals surface area (Å²) in [5.41, 5.74) is -0.423. The van der Waals surface area contributed by atoms with Crippen molar-refractivity contribution in [2.75, 3.05) is 19.6 Å². The predicted octanol–water partition coefficient (Wildman–Crippen LogP) is 1.60. The highest BCUT2D eigenvalue weighted by molar-refractivity contribution is 7.89. The van der Waals surface area contributed by atoms with E-state index < -0.39 is 20.8 Å². The molecule has 1 unspecified atom stereocenters. The molecule has 0 heterocycles. The van der Waals surface area contributed by atoms with Crippen molar-refractivity contribution < 1.29 is 8.42 Å². The van der Waals surface area contributed by atoms with E-state index >= 15 is 0 Å². The van der Waals surface area contributed by atoms with Gasteiger partial charge in [-0.15, -0.1) is 6.58 Å². The molecule has 0 rings (SSSR count). The van der Waals surface area contributed by atoms with Crippen LogP contribution in [0.3, 0.4) is 0 Å². The first-order valence-corrected chi connectivity index (χ1v) is 7.51. The largest absolute Gasteiger partial charge is 0.316 e. The molecule has 0 aromatic rings. The molecule has 5 heteroatoms. The van der Waals surface area contributed by atoms with Gasteiger partial charge in [0, 0.05) is 18.6 Å². The Morgan fingerprint density at radius 1 is 1.41 bits per heavy atom. The molecule has 0 saturated carbocycles. The summed E-state index contributed by atoms with van der Waals surface area (Å²) in [6, 6.07) is 0. The molecule has 0 bridgehead atoms. The molecule has 0 aromatic carbocycles. The molecule has 0 aliphatic rings. The highest BCUT2D eigenvalue weighted by Gasteiger charge is 2.35. The van der Waals surface area contributed by atoms with Crippen LogP contribution in [0.2, 0.25) is 0 Å². The first-order chi connectivity index (χ1) is 7.67. The number of rotatable bonds is 7. The van der Waals surface area contributed by atoms with E-state index in [9.17, 15) is 8.42 Å². The van der Waals surface area contributed by atoms with Crippen LogP contribution in [0.25, 0.3) is 0 Å². The lowest BCUT2D eigenvalue weighted by atomic mass is 10.1. The monoisotopic (exact) mass is 262 g/mol. The normalized spacial score (nSPS) is 14.9. The zero-order valence-corrected chi connectivity index (χ0v) is 12.5. The zero-order valence-electron chi connectivity index (χ0n) is 11.7. The number of hydrogen-bond acceptors (Lipinski definition) is 3. The van der Waals surface area contributed by atoms with Crippen LogP contribution in [0.5, 0.6) is 0 Å². The molecular formula is C12H26N2O2S. The molecule has 1 atom stereocenters. The smallest absolute Gasteiger partial charge is 0.218 e. The summed E-state index contributed by atoms with van der Waals surface area (Å²) in [7, 11) is -3.29. The molecule has 0 saturated heterocycles. The van der Waals surface area contributed by atoms with Gasteiger partial charge >= 0.3 is 0 Å². The molecule has 4 nitrogen and oxygen atoms in total. The minimum Gasteiger partial charge on any atom is -0.316 e. The zero-order chi connectivity index (χ0) is 13.7. The van der Waals surface area contributed by atoms with Crippen LogP contribution < -0.4 is 5.32 Å². The molecule has 0 aliphatic carbocycles. The van der Waals surface area contributed by atoms with Crippen LogP contribution in [0, 0.1) is 0 Å². The first-order valence-electron chi connectivity index (χ1n) is 6.01. The van der Waals surface area contributed by atoms with Crippen molar-refractivity contribution in [2.24, 2.45) is 0 Å². The molecule has 17 heavy (non-hydrogen) atoms. The Morgan fingerprint density at radius 2 is 1.94 bits per heavy atom. The second kappa shape index (κ2) is 6.52. The van der Waals surface area contributed by atoms with Crippen LogP contribution in [0.15, 0.2) is 12.7 Å². The average Bonchev–Trinajstić information content (AvgIpc) is 2.20. The van der Waals surface area contributed by atoms with Gasteiger partial charge in [0.25, 0.3) is 0 Å². The Bertz CT molecular complexity index is 331. The summed E-state index contributed by atoms with van der Waals surface area (Å²) >= 11 is 0. The van der Waals surface area contributed by atoms with Gasteiger partial charge in [-0.05, 0) is 34.2 Å². The quantitative estimate of drug-likeness (QED) is 0.709. The second-order valence-electron chi connectivity index (χ2n) is 5.15. The van der Waals surface area contributed by atoms with E-state index in [1.54, 1.807) is 13.0 Å². The topological polar surface area (TPSA) is 49.4 Å². The summed E-state index contributed by atoms with van der Waals surface area (Å²) in [4.78, 5) is 0. The van der Waals surface area contributed by atoms with Gasteiger partial charge in [0.1, 0.15) is 0 Å². The van der Waals surface area contributed by atoms with Gasteiger partial charge in [-0.1, -0.05) is 13.0 Å². The summed E-state index contributed by atoms with van der Waals surface area (Å²) in [5.74, 6) is 0. The second-order valence-corrected chi connectivity index (χ2v) is 7.43. The maximum absolute atomic E-state index is 12.4. The molecule has 0 fully saturated rings. The van der Waals surface area contributed by atoms with Crippen molar-refractivity contribution in [1.29, 1.82) is 0 Å². The average molecular weight is 262 g/mol. The standard InChI is InChI=1S/C12H26N2O2S/c1-7-9-14(12(4,5)6)17(15,16)11(3)10-13-8-2/h7,11,13H,1,8-10H2,2-6H3. The lowest BCUT2D eigenvalue weighted by Gasteiger charge is -2.35. The van der Waals surface area contributed by atoms with Crippen LogP contribution in [-0.4, -0.2) is 43.1 Å². The Labute approximate surface area is 106 Å². The molecule has 0 spiro atoms. The number of nitrogens with zero attached hydrogens (tertiary/aromatic N) is 1. The fraction of sp³-hybridized carbons (Fsp3) is 0.833. The van der Waals surface area contributed by atoms with Crippen molar-refractivity contribution in [1.82, 2.24) is 9.62 Å². The van der Waals surface area contributed by atoms with E-state index in [0.29, 0.717) is 13.1 Å². The molecular weight excluding hydrogens is 236 g/mol. The lowest BCUT2D eigenvalue weighted by molar-refractivity contribution is 0.267. The van der Waals surface area contributed by atoms with Gasteiger partial charge in [0.05, 0.1) is 5.25 Å². The Morgan fingerprint density at radius 3 is 2.29 bits per heavy atom. The molecule has 0 aromatic heterocycles. The van der Waals surface area contributed by atoms with Gasteiger partial charge in [0.2, 0.25) is 10.0 Å². The minimum atomic E-state index is -3.29. The summed E-state index contributed by atoms with van der Waals surface area (Å²) in [5, 5.41) is 2.64. The van der Waals surface area contributed by atoms with Crippen molar-refractivity contribution in [3.05, 3.63) is 12.7 Å². The van der Waals surface area contributed by atoms with Crippen LogP contribution >= 0.6 is 0 Å². The molecule has 0 amide bonds. The highest BCUT2D eigenvalue weighted by atomic mass is 32.2. The third kappa shape index (κ3) is 4.77. The summed E-state index contributed by atoms with van der Waals surface area (Å²) in [6.45, 7) is 14.6. The predicted molar refractivity (Wildman–Crippen MR) is 73.6 cm³/mol. The fourth-order valence-electron chi connectivity index (χ4n) is 1.55. The maximum Gasteiger partial charge on any atom is 0.218 e. The van der Waals surface area contributed by atoms with Gasteiger partial charge in [0.15, 0.2) is 0 Å². The van der Waals surface area contributed by atoms with E-state index in [1.165, 1.54) is 4.31 Å². The molecule has 0 aliphatic heterocycles. The lowest BCUT2D eigenvalue weighted by Crippen LogP contribution is -2.50. The number of sulfonamides is 1. The van der Waals surface area contributed by atoms with E-state index in [4.69, 9.17) is 0 Å². The van der Waals surface area contributed by atoms with Crippen molar-refractivity contribution >= 4 is 10.0 Å². The maximum atomic E-state index is 12.4. The van der Waals surface area contributed by atoms with Crippen LogP contribution in [-0.2, 0) is 10.0 Å². The summed E-state index contributed by atoms with van der Waals surface area (Å²) < 4.78 is 26.3. The van der Waals surface area contributed by atoms with Crippen molar-refractivity contribution in [3.8, 4) is 0 Å². The fourth-order valence-corrected chi connectivity index (χ4v) is 3.39. The van der Waals surface area contributed by atoms with E-state index in [1.807, 2.05) is 27.7 Å². The van der Waals surface area contributed by atoms with Crippen molar-refractivity contribution in [2.45, 2.75) is 45.4 Å². The van der Waals surface area contributed by atoms with Gasteiger partial charge < -0.3 is 5.32 Å². The first kappa shape index (κ1) is 16.6. The summed E-state index contributed by atoms with van der Waals surface area (Å²) in [6.07, 6.45) is 1.63.